The minimum Gasteiger partial charge on any atom is -0.491 e. The molecule has 0 unspecified atom stereocenters. The summed E-state index contributed by atoms with van der Waals surface area (Å²) in [5.74, 6) is -1.12. The fraction of sp³-hybridized carbons (Fsp3) is 0.538. The summed E-state index contributed by atoms with van der Waals surface area (Å²) in [6, 6.07) is 3.82. The van der Waals surface area contributed by atoms with Gasteiger partial charge in [-0.2, -0.15) is 0 Å². The van der Waals surface area contributed by atoms with Gasteiger partial charge in [-0.25, -0.2) is 8.78 Å². The number of unbranched alkanes of at least 4 members (excludes halogenated alkanes) is 1. The van der Waals surface area contributed by atoms with Crippen LogP contribution in [0.4, 0.5) is 8.78 Å². The van der Waals surface area contributed by atoms with Crippen LogP contribution in [0.1, 0.15) is 26.7 Å². The van der Waals surface area contributed by atoms with Crippen molar-refractivity contribution in [3.05, 3.63) is 29.8 Å². The molecule has 0 aliphatic heterocycles. The summed E-state index contributed by atoms with van der Waals surface area (Å²) in [5.41, 5.74) is 0. The molecule has 1 N–H and O–H groups in total. The maximum Gasteiger partial charge on any atom is 0.167 e. The summed E-state index contributed by atoms with van der Waals surface area (Å²) in [4.78, 5) is 0. The van der Waals surface area contributed by atoms with E-state index in [1.165, 1.54) is 12.1 Å². The van der Waals surface area contributed by atoms with E-state index in [0.717, 1.165) is 25.5 Å². The second-order valence-corrected chi connectivity index (χ2v) is 4.24. The molecule has 2 nitrogen and oxygen atoms in total. The van der Waals surface area contributed by atoms with Crippen LogP contribution in [0, 0.1) is 11.6 Å². The van der Waals surface area contributed by atoms with Gasteiger partial charge in [-0.05, 0) is 31.5 Å². The van der Waals surface area contributed by atoms with E-state index in [1.807, 2.05) is 0 Å². The van der Waals surface area contributed by atoms with Gasteiger partial charge in [0.15, 0.2) is 11.6 Å². The van der Waals surface area contributed by atoms with Gasteiger partial charge in [0.05, 0.1) is 6.61 Å². The molecule has 4 heteroatoms. The molecule has 1 aromatic carbocycles. The number of halogens is 2. The summed E-state index contributed by atoms with van der Waals surface area (Å²) in [5, 5.41) is 3.28. The van der Waals surface area contributed by atoms with Crippen LogP contribution in [0.2, 0.25) is 0 Å². The normalized spacial score (nSPS) is 10.9. The third-order valence-corrected chi connectivity index (χ3v) is 2.28. The first-order valence-corrected chi connectivity index (χ1v) is 5.91. The molecule has 0 amide bonds. The summed E-state index contributed by atoms with van der Waals surface area (Å²) in [6.07, 6.45) is 1.82. The summed E-state index contributed by atoms with van der Waals surface area (Å²) in [6.45, 7) is 5.55. The fourth-order valence-corrected chi connectivity index (χ4v) is 1.39. The maximum atomic E-state index is 13.2. The molecule has 1 aromatic rings. The Morgan fingerprint density at radius 1 is 1.24 bits per heavy atom. The first kappa shape index (κ1) is 13.9. The molecular weight excluding hydrogens is 224 g/mol. The SMILES string of the molecule is CC(C)NCCCCOc1ccc(F)cc1F. The minimum atomic E-state index is -0.648. The van der Waals surface area contributed by atoms with Crippen LogP contribution in [0.15, 0.2) is 18.2 Å². The lowest BCUT2D eigenvalue weighted by Crippen LogP contribution is -2.23. The van der Waals surface area contributed by atoms with Crippen LogP contribution >= 0.6 is 0 Å². The third kappa shape index (κ3) is 5.63. The molecule has 1 rings (SSSR count). The Balaban J connectivity index is 2.18. The quantitative estimate of drug-likeness (QED) is 0.743. The van der Waals surface area contributed by atoms with Crippen molar-refractivity contribution >= 4 is 0 Å². The number of benzene rings is 1. The topological polar surface area (TPSA) is 21.3 Å². The molecule has 0 atom stereocenters. The molecule has 0 saturated heterocycles. The Kier molecular flexibility index (Phi) is 5.91. The lowest BCUT2D eigenvalue weighted by atomic mass is 10.3. The molecule has 0 heterocycles. The molecule has 0 aromatic heterocycles. The first-order chi connectivity index (χ1) is 8.09. The predicted molar refractivity (Wildman–Crippen MR) is 64.2 cm³/mol. The molecule has 0 aliphatic rings. The number of ether oxygens (including phenoxy) is 1. The number of hydrogen-bond acceptors (Lipinski definition) is 2. The van der Waals surface area contributed by atoms with Crippen molar-refractivity contribution in [2.75, 3.05) is 13.2 Å². The van der Waals surface area contributed by atoms with E-state index in [0.29, 0.717) is 12.6 Å². The van der Waals surface area contributed by atoms with Crippen molar-refractivity contribution in [3.63, 3.8) is 0 Å². The summed E-state index contributed by atoms with van der Waals surface area (Å²) >= 11 is 0. The van der Waals surface area contributed by atoms with Crippen molar-refractivity contribution in [2.45, 2.75) is 32.7 Å². The lowest BCUT2D eigenvalue weighted by Gasteiger charge is -2.09. The highest BCUT2D eigenvalue weighted by atomic mass is 19.1. The van der Waals surface area contributed by atoms with Gasteiger partial charge < -0.3 is 10.1 Å². The molecule has 0 aliphatic carbocycles. The van der Waals surface area contributed by atoms with E-state index in [1.54, 1.807) is 0 Å². The largest absolute Gasteiger partial charge is 0.491 e. The Morgan fingerprint density at radius 3 is 2.65 bits per heavy atom. The highest BCUT2D eigenvalue weighted by Gasteiger charge is 2.04. The van der Waals surface area contributed by atoms with Gasteiger partial charge in [-0.3, -0.25) is 0 Å². The van der Waals surface area contributed by atoms with Crippen LogP contribution in [-0.4, -0.2) is 19.2 Å². The van der Waals surface area contributed by atoms with Crippen LogP contribution < -0.4 is 10.1 Å². The monoisotopic (exact) mass is 243 g/mol. The van der Waals surface area contributed by atoms with Gasteiger partial charge in [0.1, 0.15) is 5.82 Å². The number of nitrogens with one attached hydrogen (secondary N) is 1. The minimum absolute atomic E-state index is 0.114. The van der Waals surface area contributed by atoms with Crippen molar-refractivity contribution in [3.8, 4) is 5.75 Å². The van der Waals surface area contributed by atoms with E-state index in [-0.39, 0.29) is 5.75 Å². The van der Waals surface area contributed by atoms with Crippen LogP contribution in [-0.2, 0) is 0 Å². The van der Waals surface area contributed by atoms with E-state index in [9.17, 15) is 8.78 Å². The van der Waals surface area contributed by atoms with Gasteiger partial charge in [-0.1, -0.05) is 13.8 Å². The van der Waals surface area contributed by atoms with Gasteiger partial charge in [0, 0.05) is 12.1 Å². The molecule has 0 saturated carbocycles. The van der Waals surface area contributed by atoms with Crippen LogP contribution in [0.5, 0.6) is 5.75 Å². The zero-order valence-electron chi connectivity index (χ0n) is 10.3. The second kappa shape index (κ2) is 7.22. The smallest absolute Gasteiger partial charge is 0.167 e. The first-order valence-electron chi connectivity index (χ1n) is 5.91. The average molecular weight is 243 g/mol. The standard InChI is InChI=1S/C13H19F2NO/c1-10(2)16-7-3-4-8-17-13-6-5-11(14)9-12(13)15/h5-6,9-10,16H,3-4,7-8H2,1-2H3. The zero-order chi connectivity index (χ0) is 12.7. The predicted octanol–water partition coefficient (Wildman–Crippen LogP) is 3.12. The van der Waals surface area contributed by atoms with Crippen molar-refractivity contribution in [1.82, 2.24) is 5.32 Å². The molecular formula is C13H19F2NO. The Hall–Kier alpha value is -1.16. The van der Waals surface area contributed by atoms with E-state index in [2.05, 4.69) is 19.2 Å². The molecule has 0 radical (unpaired) electrons. The summed E-state index contributed by atoms with van der Waals surface area (Å²) < 4.78 is 31.0. The molecule has 0 spiro atoms. The van der Waals surface area contributed by atoms with Crippen molar-refractivity contribution in [2.24, 2.45) is 0 Å². The highest BCUT2D eigenvalue weighted by Crippen LogP contribution is 2.17. The molecule has 96 valence electrons. The van der Waals surface area contributed by atoms with E-state index >= 15 is 0 Å². The molecule has 17 heavy (non-hydrogen) atoms. The zero-order valence-corrected chi connectivity index (χ0v) is 10.3. The molecule has 0 bridgehead atoms. The van der Waals surface area contributed by atoms with Crippen molar-refractivity contribution < 1.29 is 13.5 Å². The number of hydrogen-bond donors (Lipinski definition) is 1. The fourth-order valence-electron chi connectivity index (χ4n) is 1.39. The maximum absolute atomic E-state index is 13.2. The third-order valence-electron chi connectivity index (χ3n) is 2.28. The summed E-state index contributed by atoms with van der Waals surface area (Å²) in [7, 11) is 0. The Labute approximate surface area is 101 Å². The Morgan fingerprint density at radius 2 is 2.00 bits per heavy atom. The van der Waals surface area contributed by atoms with Crippen LogP contribution in [0.3, 0.4) is 0 Å². The van der Waals surface area contributed by atoms with Crippen molar-refractivity contribution in [1.29, 1.82) is 0 Å². The average Bonchev–Trinajstić information content (AvgIpc) is 2.25. The Bertz CT molecular complexity index is 342. The van der Waals surface area contributed by atoms with E-state index in [4.69, 9.17) is 4.74 Å². The van der Waals surface area contributed by atoms with Gasteiger partial charge in [0.25, 0.3) is 0 Å². The number of rotatable bonds is 7. The second-order valence-electron chi connectivity index (χ2n) is 4.24. The lowest BCUT2D eigenvalue weighted by molar-refractivity contribution is 0.289. The van der Waals surface area contributed by atoms with Gasteiger partial charge >= 0.3 is 0 Å². The molecule has 0 fully saturated rings. The van der Waals surface area contributed by atoms with Gasteiger partial charge in [-0.15, -0.1) is 0 Å². The van der Waals surface area contributed by atoms with Crippen LogP contribution in [0.25, 0.3) is 0 Å². The van der Waals surface area contributed by atoms with Gasteiger partial charge in [0.2, 0.25) is 0 Å². The van der Waals surface area contributed by atoms with E-state index < -0.39 is 11.6 Å². The highest BCUT2D eigenvalue weighted by molar-refractivity contribution is 5.24.